The van der Waals surface area contributed by atoms with E-state index in [4.69, 9.17) is 22.1 Å². The third-order valence-electron chi connectivity index (χ3n) is 2.12. The lowest BCUT2D eigenvalue weighted by molar-refractivity contribution is 0.242. The zero-order valence-electron chi connectivity index (χ0n) is 10.4. The van der Waals surface area contributed by atoms with Gasteiger partial charge >= 0.3 is 0 Å². The smallest absolute Gasteiger partial charge is 0.138 e. The minimum Gasteiger partial charge on any atom is -0.489 e. The highest BCUT2D eigenvalue weighted by molar-refractivity contribution is 7.98. The Morgan fingerprint density at radius 2 is 2.18 bits per heavy atom. The number of halogens is 1. The van der Waals surface area contributed by atoms with E-state index < -0.39 is 0 Å². The maximum Gasteiger partial charge on any atom is 0.138 e. The molecule has 0 amide bonds. The van der Waals surface area contributed by atoms with Crippen LogP contribution in [0.25, 0.3) is 0 Å². The third kappa shape index (κ3) is 5.66. The van der Waals surface area contributed by atoms with Crippen LogP contribution < -0.4 is 10.5 Å². The number of ether oxygens (including phenoxy) is 1. The van der Waals surface area contributed by atoms with Crippen LogP contribution in [0.4, 0.5) is 0 Å². The minimum atomic E-state index is 0.150. The van der Waals surface area contributed by atoms with Crippen LogP contribution in [-0.4, -0.2) is 18.4 Å². The zero-order chi connectivity index (χ0) is 12.7. The van der Waals surface area contributed by atoms with Gasteiger partial charge in [0, 0.05) is 5.75 Å². The molecule has 0 atom stereocenters. The first-order valence-corrected chi connectivity index (χ1v) is 7.39. The first-order valence-electron chi connectivity index (χ1n) is 5.86. The van der Waals surface area contributed by atoms with Gasteiger partial charge in [-0.25, -0.2) is 0 Å². The highest BCUT2D eigenvalue weighted by Crippen LogP contribution is 2.27. The first kappa shape index (κ1) is 14.7. The monoisotopic (exact) mass is 273 g/mol. The van der Waals surface area contributed by atoms with Gasteiger partial charge in [-0.3, -0.25) is 0 Å². The molecule has 0 aromatic heterocycles. The molecule has 2 nitrogen and oxygen atoms in total. The molecule has 1 aromatic rings. The topological polar surface area (TPSA) is 35.2 Å². The molecule has 1 aromatic carbocycles. The van der Waals surface area contributed by atoms with Crippen LogP contribution in [0.3, 0.4) is 0 Å². The Balaban J connectivity index is 2.50. The second-order valence-electron chi connectivity index (χ2n) is 4.13. The maximum absolute atomic E-state index is 6.16. The molecule has 17 heavy (non-hydrogen) atoms. The average Bonchev–Trinajstić information content (AvgIpc) is 2.27. The van der Waals surface area contributed by atoms with Gasteiger partial charge in [-0.1, -0.05) is 17.7 Å². The molecule has 4 heteroatoms. The molecule has 0 heterocycles. The van der Waals surface area contributed by atoms with E-state index in [1.165, 1.54) is 5.56 Å². The number of benzene rings is 1. The molecule has 0 bridgehead atoms. The van der Waals surface area contributed by atoms with Gasteiger partial charge < -0.3 is 10.5 Å². The summed E-state index contributed by atoms with van der Waals surface area (Å²) in [5.74, 6) is 2.83. The van der Waals surface area contributed by atoms with Gasteiger partial charge in [0.2, 0.25) is 0 Å². The van der Waals surface area contributed by atoms with E-state index in [0.29, 0.717) is 5.02 Å². The lowest BCUT2D eigenvalue weighted by Crippen LogP contribution is -2.05. The molecular formula is C13H20ClNOS. The molecule has 0 radical (unpaired) electrons. The fourth-order valence-electron chi connectivity index (χ4n) is 1.36. The lowest BCUT2D eigenvalue weighted by atomic mass is 10.2. The normalized spacial score (nSPS) is 10.9. The van der Waals surface area contributed by atoms with Crippen molar-refractivity contribution in [3.8, 4) is 5.75 Å². The summed E-state index contributed by atoms with van der Waals surface area (Å²) in [5.41, 5.74) is 6.68. The number of nitrogens with two attached hydrogens (primary N) is 1. The largest absolute Gasteiger partial charge is 0.489 e. The van der Waals surface area contributed by atoms with Crippen molar-refractivity contribution >= 4 is 23.4 Å². The summed E-state index contributed by atoms with van der Waals surface area (Å²) in [6, 6.07) is 5.99. The van der Waals surface area contributed by atoms with Gasteiger partial charge in [-0.15, -0.1) is 0 Å². The summed E-state index contributed by atoms with van der Waals surface area (Å²) in [7, 11) is 0. The van der Waals surface area contributed by atoms with E-state index in [2.05, 4.69) is 6.07 Å². The Bertz CT molecular complexity index is 344. The van der Waals surface area contributed by atoms with Crippen molar-refractivity contribution < 1.29 is 4.74 Å². The van der Waals surface area contributed by atoms with Gasteiger partial charge in [0.05, 0.1) is 11.1 Å². The molecule has 0 fully saturated rings. The zero-order valence-corrected chi connectivity index (χ0v) is 12.0. The van der Waals surface area contributed by atoms with Gasteiger partial charge in [-0.05, 0) is 50.3 Å². The van der Waals surface area contributed by atoms with E-state index in [9.17, 15) is 0 Å². The van der Waals surface area contributed by atoms with Crippen LogP contribution >= 0.6 is 23.4 Å². The van der Waals surface area contributed by atoms with E-state index in [1.807, 2.05) is 37.7 Å². The molecule has 0 unspecified atom stereocenters. The summed E-state index contributed by atoms with van der Waals surface area (Å²) in [6.45, 7) is 4.74. The Morgan fingerprint density at radius 3 is 2.76 bits per heavy atom. The predicted molar refractivity (Wildman–Crippen MR) is 77.0 cm³/mol. The lowest BCUT2D eigenvalue weighted by Gasteiger charge is -2.12. The van der Waals surface area contributed by atoms with Crippen molar-refractivity contribution in [3.63, 3.8) is 0 Å². The average molecular weight is 274 g/mol. The van der Waals surface area contributed by atoms with Crippen LogP contribution in [0, 0.1) is 0 Å². The Labute approximate surface area is 113 Å². The third-order valence-corrected chi connectivity index (χ3v) is 3.53. The summed E-state index contributed by atoms with van der Waals surface area (Å²) < 4.78 is 5.59. The van der Waals surface area contributed by atoms with Crippen LogP contribution in [-0.2, 0) is 5.75 Å². The molecule has 0 saturated carbocycles. The van der Waals surface area contributed by atoms with Crippen LogP contribution in [0.2, 0.25) is 5.02 Å². The van der Waals surface area contributed by atoms with Gasteiger partial charge in [-0.2, -0.15) is 11.8 Å². The van der Waals surface area contributed by atoms with Gasteiger partial charge in [0.15, 0.2) is 0 Å². The highest BCUT2D eigenvalue weighted by Gasteiger charge is 2.05. The molecule has 0 spiro atoms. The molecule has 0 aliphatic carbocycles. The van der Waals surface area contributed by atoms with E-state index >= 15 is 0 Å². The fourth-order valence-corrected chi connectivity index (χ4v) is 2.54. The molecule has 2 N–H and O–H groups in total. The molecule has 0 aliphatic heterocycles. The second kappa shape index (κ2) is 7.85. The summed E-state index contributed by atoms with van der Waals surface area (Å²) in [4.78, 5) is 0. The molecular weight excluding hydrogens is 254 g/mol. The summed E-state index contributed by atoms with van der Waals surface area (Å²) >= 11 is 8.04. The van der Waals surface area contributed by atoms with Crippen molar-refractivity contribution in [1.82, 2.24) is 0 Å². The summed E-state index contributed by atoms with van der Waals surface area (Å²) in [5, 5.41) is 0.690. The second-order valence-corrected chi connectivity index (χ2v) is 5.64. The van der Waals surface area contributed by atoms with Crippen LogP contribution in [0.5, 0.6) is 5.75 Å². The van der Waals surface area contributed by atoms with Crippen LogP contribution in [0.15, 0.2) is 18.2 Å². The number of hydrogen-bond donors (Lipinski definition) is 1. The van der Waals surface area contributed by atoms with Crippen molar-refractivity contribution in [2.45, 2.75) is 32.1 Å². The van der Waals surface area contributed by atoms with Crippen molar-refractivity contribution in [1.29, 1.82) is 0 Å². The molecule has 0 saturated heterocycles. The van der Waals surface area contributed by atoms with Crippen LogP contribution in [0.1, 0.15) is 25.8 Å². The van der Waals surface area contributed by atoms with E-state index in [-0.39, 0.29) is 6.10 Å². The van der Waals surface area contributed by atoms with Gasteiger partial charge in [0.25, 0.3) is 0 Å². The predicted octanol–water partition coefficient (Wildman–Crippen LogP) is 3.71. The van der Waals surface area contributed by atoms with E-state index in [1.54, 1.807) is 0 Å². The number of hydrogen-bond acceptors (Lipinski definition) is 3. The molecule has 1 rings (SSSR count). The Kier molecular flexibility index (Phi) is 6.78. The first-order chi connectivity index (χ1) is 8.13. The molecule has 0 aliphatic rings. The fraction of sp³-hybridized carbons (Fsp3) is 0.538. The van der Waals surface area contributed by atoms with Crippen molar-refractivity contribution in [2.75, 3.05) is 12.3 Å². The minimum absolute atomic E-state index is 0.150. The highest BCUT2D eigenvalue weighted by atomic mass is 35.5. The standard InChI is InChI=1S/C13H20ClNOS/c1-10(2)16-13-5-4-11(8-12(13)14)9-17-7-3-6-15/h4-5,8,10H,3,6-7,9,15H2,1-2H3. The summed E-state index contributed by atoms with van der Waals surface area (Å²) in [6.07, 6.45) is 1.21. The number of rotatable bonds is 7. The van der Waals surface area contributed by atoms with Crippen molar-refractivity contribution in [3.05, 3.63) is 28.8 Å². The quantitative estimate of drug-likeness (QED) is 0.769. The Morgan fingerprint density at radius 1 is 1.41 bits per heavy atom. The van der Waals surface area contributed by atoms with Crippen molar-refractivity contribution in [2.24, 2.45) is 5.73 Å². The SMILES string of the molecule is CC(C)Oc1ccc(CSCCCN)cc1Cl. The molecule has 96 valence electrons. The maximum atomic E-state index is 6.16. The van der Waals surface area contributed by atoms with E-state index in [0.717, 1.165) is 30.2 Å². The van der Waals surface area contributed by atoms with Gasteiger partial charge in [0.1, 0.15) is 5.75 Å². The number of thioether (sulfide) groups is 1. The Hall–Kier alpha value is -0.380.